The van der Waals surface area contributed by atoms with Crippen LogP contribution in [0.4, 0.5) is 4.39 Å². The molecule has 82 valence electrons. The molecule has 2 aliphatic rings. The maximum absolute atomic E-state index is 13.1. The zero-order valence-electron chi connectivity index (χ0n) is 9.81. The van der Waals surface area contributed by atoms with Crippen molar-refractivity contribution in [1.82, 2.24) is 4.90 Å². The molecule has 2 heterocycles. The van der Waals surface area contributed by atoms with Crippen molar-refractivity contribution in [2.24, 2.45) is 0 Å². The molecular formula is C12H22FN. The molecule has 0 aliphatic carbocycles. The van der Waals surface area contributed by atoms with Gasteiger partial charge in [-0.25, -0.2) is 4.39 Å². The van der Waals surface area contributed by atoms with Gasteiger partial charge < -0.3 is 0 Å². The molecule has 1 saturated heterocycles. The van der Waals surface area contributed by atoms with Crippen LogP contribution in [0, 0.1) is 0 Å². The monoisotopic (exact) mass is 199 g/mol. The van der Waals surface area contributed by atoms with E-state index in [1.165, 1.54) is 5.57 Å². The highest BCUT2D eigenvalue weighted by Gasteiger charge is 2.45. The van der Waals surface area contributed by atoms with Crippen LogP contribution in [0.5, 0.6) is 0 Å². The molecule has 14 heavy (non-hydrogen) atoms. The molecule has 2 heteroatoms. The van der Waals surface area contributed by atoms with Crippen LogP contribution >= 0.6 is 0 Å². The first-order valence-electron chi connectivity index (χ1n) is 5.74. The van der Waals surface area contributed by atoms with Crippen molar-refractivity contribution in [3.63, 3.8) is 0 Å². The summed E-state index contributed by atoms with van der Waals surface area (Å²) in [7, 11) is 0. The molecule has 2 rings (SSSR count). The van der Waals surface area contributed by atoms with Crippen molar-refractivity contribution in [3.8, 4) is 0 Å². The average molecular weight is 199 g/mol. The Morgan fingerprint density at radius 1 is 1.57 bits per heavy atom. The van der Waals surface area contributed by atoms with E-state index in [9.17, 15) is 4.39 Å². The molecule has 0 saturated carbocycles. The van der Waals surface area contributed by atoms with Gasteiger partial charge in [-0.3, -0.25) is 4.90 Å². The van der Waals surface area contributed by atoms with Crippen molar-refractivity contribution in [2.45, 2.75) is 52.2 Å². The van der Waals surface area contributed by atoms with Gasteiger partial charge in [0, 0.05) is 25.0 Å². The fourth-order valence-corrected chi connectivity index (χ4v) is 2.65. The summed E-state index contributed by atoms with van der Waals surface area (Å²) in [6.45, 7) is 9.92. The molecule has 0 bridgehead atoms. The Hall–Kier alpha value is -0.370. The first-order chi connectivity index (χ1) is 6.66. The molecule has 0 aromatic carbocycles. The lowest BCUT2D eigenvalue weighted by molar-refractivity contribution is 0.216. The summed E-state index contributed by atoms with van der Waals surface area (Å²) < 4.78 is 13.1. The number of rotatable bonds is 1. The van der Waals surface area contributed by atoms with E-state index in [0.29, 0.717) is 13.0 Å². The average Bonchev–Trinajstić information content (AvgIpc) is 2.60. The second-order valence-corrected chi connectivity index (χ2v) is 4.13. The van der Waals surface area contributed by atoms with Crippen molar-refractivity contribution in [2.75, 3.05) is 13.1 Å². The Balaban J connectivity index is 0.000000461. The number of nitrogens with zero attached hydrogens (tertiary/aromatic N) is 1. The highest BCUT2D eigenvalue weighted by Crippen LogP contribution is 2.40. The van der Waals surface area contributed by atoms with Gasteiger partial charge >= 0.3 is 0 Å². The van der Waals surface area contributed by atoms with Crippen molar-refractivity contribution in [3.05, 3.63) is 11.6 Å². The van der Waals surface area contributed by atoms with E-state index in [1.807, 2.05) is 13.8 Å². The molecule has 1 nitrogen and oxygen atoms in total. The lowest BCUT2D eigenvalue weighted by Gasteiger charge is -2.29. The first kappa shape index (κ1) is 11.7. The van der Waals surface area contributed by atoms with E-state index in [1.54, 1.807) is 0 Å². The number of hydrogen-bond acceptors (Lipinski definition) is 1. The lowest BCUT2D eigenvalue weighted by atomic mass is 9.93. The molecular weight excluding hydrogens is 177 g/mol. The predicted octanol–water partition coefficient (Wildman–Crippen LogP) is 3.17. The Morgan fingerprint density at radius 3 is 2.71 bits per heavy atom. The molecule has 0 aromatic heterocycles. The fraction of sp³-hybridized carbons (Fsp3) is 0.833. The fourth-order valence-electron chi connectivity index (χ4n) is 2.65. The van der Waals surface area contributed by atoms with Crippen LogP contribution in [-0.4, -0.2) is 29.7 Å². The van der Waals surface area contributed by atoms with E-state index < -0.39 is 6.17 Å². The summed E-state index contributed by atoms with van der Waals surface area (Å²) in [6.07, 6.45) is 3.42. The van der Waals surface area contributed by atoms with E-state index in [0.717, 1.165) is 13.0 Å². The Kier molecular flexibility index (Phi) is 3.71. The third-order valence-corrected chi connectivity index (χ3v) is 3.19. The van der Waals surface area contributed by atoms with Gasteiger partial charge in [0.25, 0.3) is 0 Å². The molecule has 2 atom stereocenters. The van der Waals surface area contributed by atoms with E-state index >= 15 is 0 Å². The minimum Gasteiger partial charge on any atom is -0.287 e. The molecule has 1 fully saturated rings. The SMILES string of the molecule is CC.CC[C@@]12C=C(C)CN1C[C@H](F)C2. The summed E-state index contributed by atoms with van der Waals surface area (Å²) >= 11 is 0. The second-order valence-electron chi connectivity index (χ2n) is 4.13. The van der Waals surface area contributed by atoms with Gasteiger partial charge in [0.1, 0.15) is 6.17 Å². The maximum Gasteiger partial charge on any atom is 0.115 e. The number of alkyl halides is 1. The van der Waals surface area contributed by atoms with Crippen LogP contribution in [-0.2, 0) is 0 Å². The van der Waals surface area contributed by atoms with Crippen molar-refractivity contribution in [1.29, 1.82) is 0 Å². The van der Waals surface area contributed by atoms with Crippen molar-refractivity contribution >= 4 is 0 Å². The third-order valence-electron chi connectivity index (χ3n) is 3.19. The van der Waals surface area contributed by atoms with Crippen LogP contribution < -0.4 is 0 Å². The summed E-state index contributed by atoms with van der Waals surface area (Å²) in [5.41, 5.74) is 1.49. The minimum atomic E-state index is -0.603. The van der Waals surface area contributed by atoms with Crippen LogP contribution in [0.2, 0.25) is 0 Å². The summed E-state index contributed by atoms with van der Waals surface area (Å²) in [5, 5.41) is 0. The Bertz CT molecular complexity index is 224. The molecule has 0 amide bonds. The van der Waals surface area contributed by atoms with Gasteiger partial charge in [-0.1, -0.05) is 32.4 Å². The second kappa shape index (κ2) is 4.43. The molecule has 0 spiro atoms. The number of fused-ring (bicyclic) bond motifs is 1. The zero-order chi connectivity index (χ0) is 10.8. The maximum atomic E-state index is 13.1. The lowest BCUT2D eigenvalue weighted by Crippen LogP contribution is -2.37. The molecule has 0 radical (unpaired) electrons. The molecule has 2 aliphatic heterocycles. The van der Waals surface area contributed by atoms with Crippen LogP contribution in [0.15, 0.2) is 11.6 Å². The first-order valence-corrected chi connectivity index (χ1v) is 5.74. The van der Waals surface area contributed by atoms with Gasteiger partial charge in [0.15, 0.2) is 0 Å². The quantitative estimate of drug-likeness (QED) is 0.586. The van der Waals surface area contributed by atoms with Crippen LogP contribution in [0.3, 0.4) is 0 Å². The summed E-state index contributed by atoms with van der Waals surface area (Å²) in [4.78, 5) is 2.28. The predicted molar refractivity (Wildman–Crippen MR) is 59.2 cm³/mol. The van der Waals surface area contributed by atoms with E-state index in [-0.39, 0.29) is 5.54 Å². The van der Waals surface area contributed by atoms with Crippen LogP contribution in [0.25, 0.3) is 0 Å². The minimum absolute atomic E-state index is 0.0868. The molecule has 0 unspecified atom stereocenters. The third kappa shape index (κ3) is 1.85. The van der Waals surface area contributed by atoms with Gasteiger partial charge in [-0.05, 0) is 13.3 Å². The van der Waals surface area contributed by atoms with Crippen molar-refractivity contribution < 1.29 is 4.39 Å². The highest BCUT2D eigenvalue weighted by atomic mass is 19.1. The van der Waals surface area contributed by atoms with Gasteiger partial charge in [0.05, 0.1) is 0 Å². The molecule has 0 N–H and O–H groups in total. The molecule has 0 aromatic rings. The topological polar surface area (TPSA) is 3.24 Å². The van der Waals surface area contributed by atoms with Crippen LogP contribution in [0.1, 0.15) is 40.5 Å². The number of halogens is 1. The van der Waals surface area contributed by atoms with Gasteiger partial charge in [-0.2, -0.15) is 0 Å². The summed E-state index contributed by atoms with van der Waals surface area (Å²) in [6, 6.07) is 0. The Labute approximate surface area is 87.0 Å². The highest BCUT2D eigenvalue weighted by molar-refractivity contribution is 5.25. The van der Waals surface area contributed by atoms with Gasteiger partial charge in [-0.15, -0.1) is 0 Å². The van der Waals surface area contributed by atoms with E-state index in [4.69, 9.17) is 0 Å². The smallest absolute Gasteiger partial charge is 0.115 e. The number of hydrogen-bond donors (Lipinski definition) is 0. The zero-order valence-corrected chi connectivity index (χ0v) is 9.81. The van der Waals surface area contributed by atoms with E-state index in [2.05, 4.69) is 24.8 Å². The van der Waals surface area contributed by atoms with Gasteiger partial charge in [0.2, 0.25) is 0 Å². The summed E-state index contributed by atoms with van der Waals surface area (Å²) in [5.74, 6) is 0. The normalized spacial score (nSPS) is 36.1. The largest absolute Gasteiger partial charge is 0.287 e. The standard InChI is InChI=1S/C10H16FN.C2H6/c1-3-10-4-8(2)6-12(10)7-9(11)5-10;1-2/h4,9H,3,5-7H2,1-2H3;1-2H3/t9-,10+;/m1./s1. The Morgan fingerprint density at radius 2 is 2.21 bits per heavy atom.